The summed E-state index contributed by atoms with van der Waals surface area (Å²) in [6, 6.07) is 6.31. The van der Waals surface area contributed by atoms with Crippen LogP contribution in [0.3, 0.4) is 0 Å². The van der Waals surface area contributed by atoms with Crippen LogP contribution in [0, 0.1) is 23.7 Å². The lowest BCUT2D eigenvalue weighted by Crippen LogP contribution is -2.42. The number of nitriles is 1. The van der Waals surface area contributed by atoms with Crippen molar-refractivity contribution < 1.29 is 4.79 Å². The summed E-state index contributed by atoms with van der Waals surface area (Å²) in [6.45, 7) is 6.20. The van der Waals surface area contributed by atoms with Gasteiger partial charge in [0.1, 0.15) is 5.82 Å². The van der Waals surface area contributed by atoms with Crippen LogP contribution in [0.5, 0.6) is 0 Å². The second-order valence-corrected chi connectivity index (χ2v) is 11.3. The third-order valence-corrected chi connectivity index (χ3v) is 8.14. The van der Waals surface area contributed by atoms with Crippen molar-refractivity contribution in [3.8, 4) is 6.07 Å². The zero-order valence-electron chi connectivity index (χ0n) is 16.6. The highest BCUT2D eigenvalue weighted by Crippen LogP contribution is 2.51. The van der Waals surface area contributed by atoms with Gasteiger partial charge in [0.25, 0.3) is 0 Å². The van der Waals surface area contributed by atoms with Gasteiger partial charge < -0.3 is 5.73 Å². The van der Waals surface area contributed by atoms with Crippen molar-refractivity contribution in [1.82, 2.24) is 10.2 Å². The molecule has 6 nitrogen and oxygen atoms in total. The van der Waals surface area contributed by atoms with Gasteiger partial charge >= 0.3 is 0 Å². The fraction of sp³-hybridized carbons (Fsp3) is 0.400. The number of anilines is 1. The van der Waals surface area contributed by atoms with E-state index in [-0.39, 0.29) is 11.2 Å². The molecule has 1 atom stereocenters. The normalized spacial score (nSPS) is 21.4. The Bertz CT molecular complexity index is 1100. The summed E-state index contributed by atoms with van der Waals surface area (Å²) < 4.78 is 0.811. The summed E-state index contributed by atoms with van der Waals surface area (Å²) in [4.78, 5) is 17.3. The van der Waals surface area contributed by atoms with Crippen LogP contribution in [0.2, 0.25) is 0 Å². The Kier molecular flexibility index (Phi) is 5.05. The van der Waals surface area contributed by atoms with Crippen molar-refractivity contribution in [2.75, 3.05) is 11.2 Å². The number of carbonyl (C=O) groups excluding carboxylic acids is 1. The van der Waals surface area contributed by atoms with Gasteiger partial charge in [0.05, 0.1) is 17.6 Å². The maximum atomic E-state index is 13.4. The fourth-order valence-electron chi connectivity index (χ4n) is 4.00. The fourth-order valence-corrected chi connectivity index (χ4v) is 6.29. The quantitative estimate of drug-likeness (QED) is 0.694. The summed E-state index contributed by atoms with van der Waals surface area (Å²) in [5, 5.41) is 19.1. The molecule has 29 heavy (non-hydrogen) atoms. The number of thiophene rings is 1. The van der Waals surface area contributed by atoms with Crippen molar-refractivity contribution in [3.63, 3.8) is 0 Å². The van der Waals surface area contributed by atoms with E-state index in [0.29, 0.717) is 34.9 Å². The van der Waals surface area contributed by atoms with Gasteiger partial charge in [-0.15, -0.1) is 21.5 Å². The molecule has 2 aliphatic rings. The Labute approximate surface area is 182 Å². The molecule has 1 unspecified atom stereocenters. The molecule has 4 rings (SSSR count). The number of aryl methyl sites for hydroxylation is 1. The molecule has 0 spiro atoms. The van der Waals surface area contributed by atoms with Crippen molar-refractivity contribution in [1.29, 1.82) is 5.26 Å². The monoisotopic (exact) mass is 443 g/mol. The van der Waals surface area contributed by atoms with Gasteiger partial charge in [-0.1, -0.05) is 36.9 Å². The van der Waals surface area contributed by atoms with Crippen LogP contribution in [0.15, 0.2) is 39.1 Å². The molecule has 150 valence electrons. The Morgan fingerprint density at radius 3 is 2.66 bits per heavy atom. The number of Topliss-reactive ketones (excluding diaryl/α,β-unsaturated/α-hetero) is 1. The van der Waals surface area contributed by atoms with Gasteiger partial charge in [-0.2, -0.15) is 5.26 Å². The van der Waals surface area contributed by atoms with E-state index in [4.69, 9.17) is 5.73 Å². The zero-order valence-corrected chi connectivity index (χ0v) is 19.1. The molecular formula is C20H21N5OS3. The second kappa shape index (κ2) is 7.27. The van der Waals surface area contributed by atoms with Crippen molar-refractivity contribution in [3.05, 3.63) is 44.6 Å². The first-order chi connectivity index (χ1) is 13.8. The Morgan fingerprint density at radius 1 is 1.31 bits per heavy atom. The molecule has 0 bridgehead atoms. The van der Waals surface area contributed by atoms with Gasteiger partial charge in [-0.3, -0.25) is 9.69 Å². The van der Waals surface area contributed by atoms with Crippen LogP contribution in [0.25, 0.3) is 0 Å². The average molecular weight is 444 g/mol. The highest BCUT2D eigenvalue weighted by molar-refractivity contribution is 8.00. The number of carbonyl (C=O) groups is 1. The smallest absolute Gasteiger partial charge is 0.219 e. The lowest BCUT2D eigenvalue weighted by atomic mass is 9.70. The predicted molar refractivity (Wildman–Crippen MR) is 118 cm³/mol. The van der Waals surface area contributed by atoms with Crippen LogP contribution in [-0.4, -0.2) is 22.2 Å². The summed E-state index contributed by atoms with van der Waals surface area (Å²) in [6.07, 6.45) is 3.07. The van der Waals surface area contributed by atoms with Gasteiger partial charge in [-0.05, 0) is 37.1 Å². The largest absolute Gasteiger partial charge is 0.384 e. The van der Waals surface area contributed by atoms with E-state index in [0.717, 1.165) is 19.8 Å². The molecule has 0 amide bonds. The van der Waals surface area contributed by atoms with E-state index in [2.05, 4.69) is 30.1 Å². The number of allylic oxidation sites excluding steroid dienone is 3. The zero-order chi connectivity index (χ0) is 20.9. The molecule has 3 heterocycles. The van der Waals surface area contributed by atoms with Crippen LogP contribution in [-0.2, 0) is 4.79 Å². The number of nitrogens with zero attached hydrogens (tertiary/aromatic N) is 4. The Morgan fingerprint density at radius 2 is 2.07 bits per heavy atom. The second-order valence-electron chi connectivity index (χ2n) is 7.98. The number of hydrogen-bond acceptors (Lipinski definition) is 9. The first-order valence-electron chi connectivity index (χ1n) is 9.15. The van der Waals surface area contributed by atoms with Crippen LogP contribution in [0.4, 0.5) is 5.13 Å². The van der Waals surface area contributed by atoms with E-state index in [1.54, 1.807) is 16.2 Å². The topological polar surface area (TPSA) is 95.9 Å². The third-order valence-electron chi connectivity index (χ3n) is 5.19. The number of nitrogens with two attached hydrogens (primary N) is 1. The summed E-state index contributed by atoms with van der Waals surface area (Å²) >= 11 is 4.52. The van der Waals surface area contributed by atoms with Crippen LogP contribution in [0.1, 0.15) is 42.4 Å². The number of rotatable bonds is 3. The molecule has 0 radical (unpaired) electrons. The third kappa shape index (κ3) is 3.39. The molecule has 1 aliphatic carbocycles. The molecular weight excluding hydrogens is 422 g/mol. The predicted octanol–water partition coefficient (Wildman–Crippen LogP) is 4.57. The minimum Gasteiger partial charge on any atom is -0.384 e. The van der Waals surface area contributed by atoms with E-state index in [1.807, 2.05) is 25.3 Å². The number of thioether (sulfide) groups is 1. The molecule has 2 aromatic rings. The number of aromatic nitrogens is 2. The van der Waals surface area contributed by atoms with Gasteiger partial charge in [0.2, 0.25) is 5.13 Å². The minimum atomic E-state index is -0.415. The van der Waals surface area contributed by atoms with Crippen molar-refractivity contribution in [2.45, 2.75) is 43.9 Å². The Balaban J connectivity index is 1.97. The number of hydrogen-bond donors (Lipinski definition) is 1. The van der Waals surface area contributed by atoms with Gasteiger partial charge in [0, 0.05) is 27.4 Å². The maximum absolute atomic E-state index is 13.4. The minimum absolute atomic E-state index is 0.0761. The van der Waals surface area contributed by atoms with Crippen LogP contribution >= 0.6 is 34.4 Å². The van der Waals surface area contributed by atoms with Crippen molar-refractivity contribution in [2.24, 2.45) is 11.1 Å². The standard InChI is InChI=1S/C20H21N5OS3/c1-10-5-6-14(28-10)15-11(9-21)17(22)25(18-23-24-19(27-4)29-18)12-7-20(2,3)8-13(26)16(12)15/h5-6,15H,7-8,22H2,1-4H3. The van der Waals surface area contributed by atoms with E-state index >= 15 is 0 Å². The SMILES string of the molecule is CSc1nnc(N2C(N)=C(C#N)C(c3ccc(C)s3)C3=C2CC(C)(C)CC3=O)s1. The first kappa shape index (κ1) is 20.1. The molecule has 0 aromatic carbocycles. The molecule has 1 aliphatic heterocycles. The lowest BCUT2D eigenvalue weighted by Gasteiger charge is -2.42. The van der Waals surface area contributed by atoms with Crippen LogP contribution < -0.4 is 10.6 Å². The molecule has 0 saturated heterocycles. The summed E-state index contributed by atoms with van der Waals surface area (Å²) in [5.74, 6) is 0.00487. The highest BCUT2D eigenvalue weighted by atomic mass is 32.2. The van der Waals surface area contributed by atoms with Gasteiger partial charge in [-0.25, -0.2) is 0 Å². The number of ketones is 1. The molecule has 2 aromatic heterocycles. The Hall–Kier alpha value is -2.15. The first-order valence-corrected chi connectivity index (χ1v) is 12.0. The molecule has 9 heteroatoms. The van der Waals surface area contributed by atoms with Gasteiger partial charge in [0.15, 0.2) is 10.1 Å². The average Bonchev–Trinajstić information content (AvgIpc) is 3.28. The van der Waals surface area contributed by atoms with E-state index < -0.39 is 5.92 Å². The summed E-state index contributed by atoms with van der Waals surface area (Å²) in [5.41, 5.74) is 8.30. The van der Waals surface area contributed by atoms with E-state index in [9.17, 15) is 10.1 Å². The van der Waals surface area contributed by atoms with E-state index in [1.165, 1.54) is 23.1 Å². The van der Waals surface area contributed by atoms with Crippen molar-refractivity contribution >= 4 is 45.4 Å². The maximum Gasteiger partial charge on any atom is 0.219 e. The lowest BCUT2D eigenvalue weighted by molar-refractivity contribution is -0.118. The highest BCUT2D eigenvalue weighted by Gasteiger charge is 2.45. The molecule has 0 saturated carbocycles. The molecule has 2 N–H and O–H groups in total. The molecule has 0 fully saturated rings. The summed E-state index contributed by atoms with van der Waals surface area (Å²) in [7, 11) is 0.